The molecule has 0 unspecified atom stereocenters. The molecule has 1 saturated heterocycles. The fraction of sp³-hybridized carbons (Fsp3) is 0.364. The number of hydrogen-bond acceptors (Lipinski definition) is 4. The van der Waals surface area contributed by atoms with Crippen LogP contribution >= 0.6 is 0 Å². The van der Waals surface area contributed by atoms with Gasteiger partial charge in [0.2, 0.25) is 15.9 Å². The molecule has 2 aromatic carbocycles. The van der Waals surface area contributed by atoms with Gasteiger partial charge in [-0.25, -0.2) is 17.6 Å². The molecule has 0 bridgehead atoms. The first-order valence-electron chi connectivity index (χ1n) is 10.5. The van der Waals surface area contributed by atoms with E-state index in [-0.39, 0.29) is 16.6 Å². The molecular formula is C22H25FN4O4S. The van der Waals surface area contributed by atoms with Gasteiger partial charge in [0.1, 0.15) is 5.82 Å². The number of nitrogens with zero attached hydrogens (tertiary/aromatic N) is 2. The van der Waals surface area contributed by atoms with Crippen LogP contribution in [0.25, 0.3) is 0 Å². The van der Waals surface area contributed by atoms with Crippen LogP contribution in [0.3, 0.4) is 0 Å². The van der Waals surface area contributed by atoms with Crippen molar-refractivity contribution in [3.05, 3.63) is 53.8 Å². The van der Waals surface area contributed by atoms with Gasteiger partial charge in [0.25, 0.3) is 0 Å². The standard InChI is InChI=1S/C22H25FN4O4S/c1-15(21(28)24-18-6-4-5-17(23)14-18)25-32(30,31)19-7-8-20-16(13-19)9-12-27(20)22(29)26-10-2-3-11-26/h4-8,13-15,25H,2-3,9-12H2,1H3,(H,24,28)/t15-/m0/s1. The van der Waals surface area contributed by atoms with Crippen LogP contribution in [-0.2, 0) is 21.2 Å². The molecule has 2 heterocycles. The van der Waals surface area contributed by atoms with E-state index in [1.807, 2.05) is 4.90 Å². The molecule has 170 valence electrons. The van der Waals surface area contributed by atoms with Crippen molar-refractivity contribution in [3.8, 4) is 0 Å². The van der Waals surface area contributed by atoms with Crippen molar-refractivity contribution in [1.29, 1.82) is 0 Å². The van der Waals surface area contributed by atoms with Crippen molar-refractivity contribution in [1.82, 2.24) is 9.62 Å². The highest BCUT2D eigenvalue weighted by Gasteiger charge is 2.31. The van der Waals surface area contributed by atoms with Crippen LogP contribution in [0.4, 0.5) is 20.6 Å². The molecule has 2 aromatic rings. The van der Waals surface area contributed by atoms with E-state index in [4.69, 9.17) is 0 Å². The summed E-state index contributed by atoms with van der Waals surface area (Å²) in [6, 6.07) is 8.86. The molecule has 32 heavy (non-hydrogen) atoms. The molecule has 0 spiro atoms. The predicted molar refractivity (Wildman–Crippen MR) is 119 cm³/mol. The second kappa shape index (κ2) is 8.87. The highest BCUT2D eigenvalue weighted by Crippen LogP contribution is 2.31. The van der Waals surface area contributed by atoms with Gasteiger partial charge in [-0.3, -0.25) is 9.69 Å². The quantitative estimate of drug-likeness (QED) is 0.717. The topological polar surface area (TPSA) is 98.8 Å². The first-order chi connectivity index (χ1) is 15.2. The Morgan fingerprint density at radius 1 is 1.06 bits per heavy atom. The Morgan fingerprint density at radius 3 is 2.53 bits per heavy atom. The highest BCUT2D eigenvalue weighted by molar-refractivity contribution is 7.89. The fourth-order valence-electron chi connectivity index (χ4n) is 3.99. The number of urea groups is 1. The fourth-order valence-corrected chi connectivity index (χ4v) is 5.25. The maximum Gasteiger partial charge on any atom is 0.324 e. The predicted octanol–water partition coefficient (Wildman–Crippen LogP) is 2.71. The zero-order chi connectivity index (χ0) is 22.9. The molecule has 2 aliphatic heterocycles. The molecule has 2 N–H and O–H groups in total. The van der Waals surface area contributed by atoms with Gasteiger partial charge < -0.3 is 10.2 Å². The van der Waals surface area contributed by atoms with Gasteiger partial charge in [0.15, 0.2) is 0 Å². The molecular weight excluding hydrogens is 435 g/mol. The first kappa shape index (κ1) is 22.2. The number of anilines is 2. The van der Waals surface area contributed by atoms with Gasteiger partial charge in [0.05, 0.1) is 10.9 Å². The number of fused-ring (bicyclic) bond motifs is 1. The number of carbonyl (C=O) groups is 2. The Morgan fingerprint density at radius 2 is 1.81 bits per heavy atom. The summed E-state index contributed by atoms with van der Waals surface area (Å²) in [5.41, 5.74) is 1.73. The van der Waals surface area contributed by atoms with Crippen LogP contribution in [0, 0.1) is 5.82 Å². The second-order valence-electron chi connectivity index (χ2n) is 8.01. The smallest absolute Gasteiger partial charge is 0.324 e. The summed E-state index contributed by atoms with van der Waals surface area (Å²) >= 11 is 0. The van der Waals surface area contributed by atoms with E-state index in [2.05, 4.69) is 10.0 Å². The first-order valence-corrected chi connectivity index (χ1v) is 12.0. The SMILES string of the molecule is C[C@H](NS(=O)(=O)c1ccc2c(c1)CCN2C(=O)N1CCCC1)C(=O)Nc1cccc(F)c1. The molecule has 0 radical (unpaired) electrons. The van der Waals surface area contributed by atoms with E-state index >= 15 is 0 Å². The Hall–Kier alpha value is -2.98. The lowest BCUT2D eigenvalue weighted by Crippen LogP contribution is -2.41. The lowest BCUT2D eigenvalue weighted by atomic mass is 10.2. The van der Waals surface area contributed by atoms with E-state index in [0.717, 1.165) is 43.2 Å². The number of amides is 3. The van der Waals surface area contributed by atoms with E-state index in [9.17, 15) is 22.4 Å². The van der Waals surface area contributed by atoms with Crippen molar-refractivity contribution < 1.29 is 22.4 Å². The third-order valence-electron chi connectivity index (χ3n) is 5.68. The number of nitrogens with one attached hydrogen (secondary N) is 2. The van der Waals surface area contributed by atoms with Gasteiger partial charge in [-0.15, -0.1) is 0 Å². The van der Waals surface area contributed by atoms with E-state index in [0.29, 0.717) is 13.0 Å². The second-order valence-corrected chi connectivity index (χ2v) is 9.73. The summed E-state index contributed by atoms with van der Waals surface area (Å²) in [6.07, 6.45) is 2.56. The maximum absolute atomic E-state index is 13.3. The molecule has 1 fully saturated rings. The van der Waals surface area contributed by atoms with Crippen LogP contribution in [0.5, 0.6) is 0 Å². The third kappa shape index (κ3) is 4.61. The van der Waals surface area contributed by atoms with Crippen LogP contribution in [0.1, 0.15) is 25.3 Å². The van der Waals surface area contributed by atoms with Gasteiger partial charge >= 0.3 is 6.03 Å². The summed E-state index contributed by atoms with van der Waals surface area (Å²) in [5.74, 6) is -1.12. The number of benzene rings is 2. The number of sulfonamides is 1. The average molecular weight is 461 g/mol. The molecule has 0 saturated carbocycles. The zero-order valence-corrected chi connectivity index (χ0v) is 18.5. The molecule has 0 aromatic heterocycles. The maximum atomic E-state index is 13.3. The van der Waals surface area contributed by atoms with Crippen LogP contribution in [-0.4, -0.2) is 50.9 Å². The van der Waals surface area contributed by atoms with Gasteiger partial charge in [-0.05, 0) is 68.1 Å². The summed E-state index contributed by atoms with van der Waals surface area (Å²) in [4.78, 5) is 28.6. The van der Waals surface area contributed by atoms with E-state index < -0.39 is 27.8 Å². The monoisotopic (exact) mass is 460 g/mol. The van der Waals surface area contributed by atoms with Crippen LogP contribution in [0.15, 0.2) is 47.4 Å². The Labute approximate surface area is 186 Å². The molecule has 8 nitrogen and oxygen atoms in total. The summed E-state index contributed by atoms with van der Waals surface area (Å²) in [6.45, 7) is 3.41. The van der Waals surface area contributed by atoms with Gasteiger partial charge in [-0.1, -0.05) is 6.07 Å². The normalized spacial score (nSPS) is 16.7. The van der Waals surface area contributed by atoms with Crippen LogP contribution in [0.2, 0.25) is 0 Å². The zero-order valence-electron chi connectivity index (χ0n) is 17.7. The van der Waals surface area contributed by atoms with Crippen molar-refractivity contribution in [2.45, 2.75) is 37.1 Å². The molecule has 0 aliphatic carbocycles. The summed E-state index contributed by atoms with van der Waals surface area (Å²) in [5, 5.41) is 2.49. The Balaban J connectivity index is 1.45. The summed E-state index contributed by atoms with van der Waals surface area (Å²) < 4.78 is 41.3. The van der Waals surface area contributed by atoms with Gasteiger partial charge in [0, 0.05) is 31.0 Å². The van der Waals surface area contributed by atoms with Crippen molar-refractivity contribution in [2.75, 3.05) is 29.9 Å². The number of likely N-dealkylation sites (tertiary alicyclic amines) is 1. The van der Waals surface area contributed by atoms with Crippen LogP contribution < -0.4 is 14.9 Å². The van der Waals surface area contributed by atoms with E-state index in [1.54, 1.807) is 17.0 Å². The van der Waals surface area contributed by atoms with Crippen molar-refractivity contribution >= 4 is 33.3 Å². The minimum absolute atomic E-state index is 0.0251. The number of rotatable bonds is 5. The number of hydrogen-bond donors (Lipinski definition) is 2. The molecule has 3 amide bonds. The lowest BCUT2D eigenvalue weighted by molar-refractivity contribution is -0.117. The van der Waals surface area contributed by atoms with Crippen molar-refractivity contribution in [3.63, 3.8) is 0 Å². The Bertz CT molecular complexity index is 1150. The lowest BCUT2D eigenvalue weighted by Gasteiger charge is -2.24. The Kier molecular flexibility index (Phi) is 6.16. The van der Waals surface area contributed by atoms with E-state index in [1.165, 1.54) is 31.2 Å². The molecule has 1 atom stereocenters. The molecule has 2 aliphatic rings. The van der Waals surface area contributed by atoms with Crippen molar-refractivity contribution in [2.24, 2.45) is 0 Å². The third-order valence-corrected chi connectivity index (χ3v) is 7.22. The molecule has 4 rings (SSSR count). The minimum Gasteiger partial charge on any atom is -0.325 e. The molecule has 10 heteroatoms. The average Bonchev–Trinajstić information content (AvgIpc) is 3.42. The largest absolute Gasteiger partial charge is 0.325 e. The minimum atomic E-state index is -3.98. The van der Waals surface area contributed by atoms with Gasteiger partial charge in [-0.2, -0.15) is 4.72 Å². The highest BCUT2D eigenvalue weighted by atomic mass is 32.2. The number of carbonyl (C=O) groups excluding carboxylic acids is 2. The number of halogens is 1. The summed E-state index contributed by atoms with van der Waals surface area (Å²) in [7, 11) is -3.98.